The highest BCUT2D eigenvalue weighted by Gasteiger charge is 2.14. The van der Waals surface area contributed by atoms with Gasteiger partial charge >= 0.3 is 0 Å². The Balaban J connectivity index is 1.91. The van der Waals surface area contributed by atoms with Gasteiger partial charge in [-0.05, 0) is 18.2 Å². The first-order valence-corrected chi connectivity index (χ1v) is 6.09. The minimum atomic E-state index is -0.494. The van der Waals surface area contributed by atoms with E-state index in [9.17, 15) is 0 Å². The summed E-state index contributed by atoms with van der Waals surface area (Å²) < 4.78 is 11.0. The summed E-state index contributed by atoms with van der Waals surface area (Å²) in [4.78, 5) is 7.26. The molecule has 6 nitrogen and oxygen atoms in total. The van der Waals surface area contributed by atoms with Gasteiger partial charge in [0.1, 0.15) is 19.0 Å². The Hall–Kier alpha value is -2.05. The molecule has 4 N–H and O–H groups in total. The van der Waals surface area contributed by atoms with Crippen LogP contribution in [0.25, 0.3) is 11.3 Å². The van der Waals surface area contributed by atoms with Gasteiger partial charge in [0, 0.05) is 5.56 Å². The number of benzene rings is 1. The van der Waals surface area contributed by atoms with Crippen molar-refractivity contribution >= 4 is 0 Å². The minimum Gasteiger partial charge on any atom is -0.486 e. The zero-order chi connectivity index (χ0) is 13.2. The van der Waals surface area contributed by atoms with Gasteiger partial charge in [0.2, 0.25) is 0 Å². The first-order chi connectivity index (χ1) is 9.28. The number of aliphatic hydroxyl groups excluding tert-OH is 1. The van der Waals surface area contributed by atoms with Crippen molar-refractivity contribution in [1.82, 2.24) is 9.97 Å². The summed E-state index contributed by atoms with van der Waals surface area (Å²) in [6, 6.07) is 5.20. The van der Waals surface area contributed by atoms with Crippen molar-refractivity contribution in [2.75, 3.05) is 19.8 Å². The molecule has 19 heavy (non-hydrogen) atoms. The zero-order valence-corrected chi connectivity index (χ0v) is 10.3. The van der Waals surface area contributed by atoms with E-state index in [-0.39, 0.29) is 6.61 Å². The zero-order valence-electron chi connectivity index (χ0n) is 10.3. The second-order valence-electron chi connectivity index (χ2n) is 4.33. The number of aliphatic hydroxyl groups is 1. The minimum absolute atomic E-state index is 0.145. The van der Waals surface area contributed by atoms with Crippen molar-refractivity contribution in [3.05, 3.63) is 30.2 Å². The summed E-state index contributed by atoms with van der Waals surface area (Å²) in [5, 5.41) is 9.00. The topological polar surface area (TPSA) is 93.4 Å². The smallest absolute Gasteiger partial charge is 0.162 e. The van der Waals surface area contributed by atoms with Gasteiger partial charge in [-0.15, -0.1) is 0 Å². The Bertz CT molecular complexity index is 582. The maximum atomic E-state index is 9.00. The van der Waals surface area contributed by atoms with Crippen LogP contribution >= 0.6 is 0 Å². The number of nitrogens with two attached hydrogens (primary N) is 1. The van der Waals surface area contributed by atoms with Crippen LogP contribution in [0.2, 0.25) is 0 Å². The van der Waals surface area contributed by atoms with Crippen molar-refractivity contribution in [3.8, 4) is 22.8 Å². The van der Waals surface area contributed by atoms with Gasteiger partial charge in [-0.3, -0.25) is 0 Å². The van der Waals surface area contributed by atoms with Crippen LogP contribution in [-0.4, -0.2) is 34.9 Å². The number of H-pyrrole nitrogens is 1. The van der Waals surface area contributed by atoms with Crippen LogP contribution in [-0.2, 0) is 0 Å². The fraction of sp³-hybridized carbons (Fsp3) is 0.308. The lowest BCUT2D eigenvalue weighted by atomic mass is 10.1. The molecule has 0 amide bonds. The molecule has 1 aromatic carbocycles. The molecule has 1 unspecified atom stereocenters. The van der Waals surface area contributed by atoms with Gasteiger partial charge in [0.05, 0.1) is 24.5 Å². The van der Waals surface area contributed by atoms with E-state index >= 15 is 0 Å². The molecule has 1 atom stereocenters. The largest absolute Gasteiger partial charge is 0.486 e. The monoisotopic (exact) mass is 261 g/mol. The predicted octanol–water partition coefficient (Wildman–Crippen LogP) is 0.840. The Morgan fingerprint density at radius 3 is 2.89 bits per heavy atom. The van der Waals surface area contributed by atoms with E-state index in [4.69, 9.17) is 20.3 Å². The molecule has 0 spiro atoms. The number of nitrogens with one attached hydrogen (secondary N) is 1. The molecule has 0 saturated carbocycles. The number of aromatic amines is 1. The average molecular weight is 261 g/mol. The first-order valence-electron chi connectivity index (χ1n) is 6.09. The van der Waals surface area contributed by atoms with Crippen LogP contribution in [0, 0.1) is 0 Å². The fourth-order valence-corrected chi connectivity index (χ4v) is 1.97. The summed E-state index contributed by atoms with van der Waals surface area (Å²) in [6.45, 7) is 0.986. The number of fused-ring (bicyclic) bond motifs is 1. The number of rotatable bonds is 3. The van der Waals surface area contributed by atoms with Crippen molar-refractivity contribution in [1.29, 1.82) is 0 Å². The average Bonchev–Trinajstić information content (AvgIpc) is 2.95. The van der Waals surface area contributed by atoms with Crippen LogP contribution in [0.5, 0.6) is 11.5 Å². The van der Waals surface area contributed by atoms with E-state index in [0.717, 1.165) is 22.8 Å². The maximum absolute atomic E-state index is 9.00. The van der Waals surface area contributed by atoms with Gasteiger partial charge < -0.3 is 25.3 Å². The molecule has 1 aliphatic rings. The van der Waals surface area contributed by atoms with Crippen LogP contribution in [0.1, 0.15) is 11.9 Å². The number of ether oxygens (including phenoxy) is 2. The van der Waals surface area contributed by atoms with E-state index in [1.54, 1.807) is 6.20 Å². The highest BCUT2D eigenvalue weighted by Crippen LogP contribution is 2.34. The second-order valence-corrected chi connectivity index (χ2v) is 4.33. The third kappa shape index (κ3) is 2.27. The SMILES string of the molecule is NC(CO)c1ncc(-c2ccc3c(c2)OCCO3)[nH]1. The standard InChI is InChI=1S/C13H15N3O3/c14-9(7-17)13-15-6-10(16-13)8-1-2-11-12(5-8)19-4-3-18-11/h1-2,5-6,9,17H,3-4,7,14H2,(H,15,16). The highest BCUT2D eigenvalue weighted by molar-refractivity contribution is 5.63. The second kappa shape index (κ2) is 4.91. The molecule has 100 valence electrons. The Morgan fingerprint density at radius 1 is 1.32 bits per heavy atom. The molecular weight excluding hydrogens is 246 g/mol. The molecule has 0 aliphatic carbocycles. The molecule has 1 aromatic heterocycles. The Morgan fingerprint density at radius 2 is 2.11 bits per heavy atom. The van der Waals surface area contributed by atoms with Gasteiger partial charge in [-0.2, -0.15) is 0 Å². The maximum Gasteiger partial charge on any atom is 0.162 e. The third-order valence-electron chi connectivity index (χ3n) is 3.00. The summed E-state index contributed by atoms with van der Waals surface area (Å²) >= 11 is 0. The molecule has 0 bridgehead atoms. The molecule has 0 radical (unpaired) electrons. The van der Waals surface area contributed by atoms with Gasteiger partial charge in [-0.1, -0.05) is 0 Å². The van der Waals surface area contributed by atoms with Crippen molar-refractivity contribution in [2.45, 2.75) is 6.04 Å². The molecule has 1 aliphatic heterocycles. The molecule has 2 aromatic rings. The predicted molar refractivity (Wildman–Crippen MR) is 69.0 cm³/mol. The molecule has 3 rings (SSSR count). The highest BCUT2D eigenvalue weighted by atomic mass is 16.6. The lowest BCUT2D eigenvalue weighted by molar-refractivity contribution is 0.171. The van der Waals surface area contributed by atoms with Crippen molar-refractivity contribution in [2.24, 2.45) is 5.73 Å². The van der Waals surface area contributed by atoms with Crippen LogP contribution in [0.4, 0.5) is 0 Å². The molecule has 2 heterocycles. The lowest BCUT2D eigenvalue weighted by Gasteiger charge is -2.18. The number of nitrogens with zero attached hydrogens (tertiary/aromatic N) is 1. The van der Waals surface area contributed by atoms with Gasteiger partial charge in [0.15, 0.2) is 11.5 Å². The van der Waals surface area contributed by atoms with Crippen molar-refractivity contribution < 1.29 is 14.6 Å². The summed E-state index contributed by atoms with van der Waals surface area (Å²) in [5.41, 5.74) is 7.48. The van der Waals surface area contributed by atoms with E-state index in [1.807, 2.05) is 18.2 Å². The van der Waals surface area contributed by atoms with Crippen LogP contribution in [0.3, 0.4) is 0 Å². The van der Waals surface area contributed by atoms with Crippen molar-refractivity contribution in [3.63, 3.8) is 0 Å². The Labute approximate surface area is 110 Å². The van der Waals surface area contributed by atoms with Crippen LogP contribution in [0.15, 0.2) is 24.4 Å². The van der Waals surface area contributed by atoms with Gasteiger partial charge in [0.25, 0.3) is 0 Å². The third-order valence-corrected chi connectivity index (χ3v) is 3.00. The number of aromatic nitrogens is 2. The summed E-state index contributed by atoms with van der Waals surface area (Å²) in [7, 11) is 0. The fourth-order valence-electron chi connectivity index (χ4n) is 1.97. The molecular formula is C13H15N3O3. The van der Waals surface area contributed by atoms with E-state index in [1.165, 1.54) is 0 Å². The summed E-state index contributed by atoms with van der Waals surface area (Å²) in [5.74, 6) is 2.04. The number of hydrogen-bond acceptors (Lipinski definition) is 5. The summed E-state index contributed by atoms with van der Waals surface area (Å²) in [6.07, 6.45) is 1.69. The van der Waals surface area contributed by atoms with Gasteiger partial charge in [-0.25, -0.2) is 4.98 Å². The number of hydrogen-bond donors (Lipinski definition) is 3. The quantitative estimate of drug-likeness (QED) is 0.761. The molecule has 0 saturated heterocycles. The van der Waals surface area contributed by atoms with E-state index in [2.05, 4.69) is 9.97 Å². The Kier molecular flexibility index (Phi) is 3.10. The molecule has 0 fully saturated rings. The van der Waals surface area contributed by atoms with Crippen LogP contribution < -0.4 is 15.2 Å². The van der Waals surface area contributed by atoms with E-state index in [0.29, 0.717) is 19.0 Å². The van der Waals surface area contributed by atoms with E-state index < -0.39 is 6.04 Å². The number of imidazole rings is 1. The normalized spacial score (nSPS) is 15.3. The lowest BCUT2D eigenvalue weighted by Crippen LogP contribution is -2.16. The molecule has 6 heteroatoms. The first kappa shape index (κ1) is 12.0.